The summed E-state index contributed by atoms with van der Waals surface area (Å²) in [5.74, 6) is -3.21. The molecule has 0 fully saturated rings. The number of aliphatic hydroxyl groups is 1. The lowest BCUT2D eigenvalue weighted by atomic mass is 10.1. The summed E-state index contributed by atoms with van der Waals surface area (Å²) in [4.78, 5) is 46.7. The highest BCUT2D eigenvalue weighted by molar-refractivity contribution is 5.90. The number of hydrogen-bond donors (Lipinski definition) is 3. The minimum Gasteiger partial charge on any atom is -0.490 e. The maximum Gasteiger partial charge on any atom is 0.371 e. The van der Waals surface area contributed by atoms with Crippen LogP contribution < -0.4 is 20.3 Å². The average Bonchev–Trinajstić information content (AvgIpc) is 2.83. The summed E-state index contributed by atoms with van der Waals surface area (Å²) in [6, 6.07) is 7.70. The third-order valence-electron chi connectivity index (χ3n) is 5.48. The molecule has 0 amide bonds. The van der Waals surface area contributed by atoms with Crippen molar-refractivity contribution in [1.29, 1.82) is 0 Å². The van der Waals surface area contributed by atoms with Gasteiger partial charge in [0.1, 0.15) is 42.0 Å². The van der Waals surface area contributed by atoms with E-state index in [4.69, 9.17) is 28.5 Å². The summed E-state index contributed by atoms with van der Waals surface area (Å²) >= 11 is 0. The first-order chi connectivity index (χ1) is 17.1. The van der Waals surface area contributed by atoms with Crippen molar-refractivity contribution in [2.45, 2.75) is 20.0 Å². The van der Waals surface area contributed by atoms with Gasteiger partial charge in [-0.3, -0.25) is 9.59 Å². The molecule has 4 aromatic rings. The van der Waals surface area contributed by atoms with Crippen LogP contribution in [0, 0.1) is 13.8 Å². The number of carboxylic acids is 2. The predicted octanol–water partition coefficient (Wildman–Crippen LogP) is 2.73. The Balaban J connectivity index is 1.48. The second kappa shape index (κ2) is 9.55. The molecule has 0 radical (unpaired) electrons. The highest BCUT2D eigenvalue weighted by Crippen LogP contribution is 2.28. The molecular formula is C25H20O11. The van der Waals surface area contributed by atoms with Crippen LogP contribution in [0.25, 0.3) is 21.9 Å². The SMILES string of the molecule is Cc1c(OCC(O)COc2ccc3c(=O)cc(C(=O)O)oc3c2C)ccc2c(=O)cc(C(=O)O)oc12. The van der Waals surface area contributed by atoms with Crippen LogP contribution in [0.5, 0.6) is 11.5 Å². The Hall–Kier alpha value is -4.64. The molecule has 0 saturated heterocycles. The fraction of sp³-hybridized carbons (Fsp3) is 0.200. The molecule has 0 aliphatic heterocycles. The van der Waals surface area contributed by atoms with Gasteiger partial charge in [0.05, 0.1) is 10.8 Å². The minimum absolute atomic E-state index is 0.0668. The van der Waals surface area contributed by atoms with Crippen LogP contribution in [-0.4, -0.2) is 46.6 Å². The first-order valence-corrected chi connectivity index (χ1v) is 10.6. The summed E-state index contributed by atoms with van der Waals surface area (Å²) in [6.07, 6.45) is -1.11. The Morgan fingerprint density at radius 3 is 1.53 bits per heavy atom. The summed E-state index contributed by atoms with van der Waals surface area (Å²) < 4.78 is 21.9. The van der Waals surface area contributed by atoms with E-state index in [1.807, 2.05) is 0 Å². The molecular weight excluding hydrogens is 476 g/mol. The Morgan fingerprint density at radius 1 is 0.778 bits per heavy atom. The van der Waals surface area contributed by atoms with Gasteiger partial charge in [-0.2, -0.15) is 0 Å². The summed E-state index contributed by atoms with van der Waals surface area (Å²) in [5.41, 5.74) is -0.109. The molecule has 186 valence electrons. The zero-order chi connectivity index (χ0) is 26.1. The van der Waals surface area contributed by atoms with Crippen LogP contribution in [0.1, 0.15) is 32.2 Å². The van der Waals surface area contributed by atoms with Crippen molar-refractivity contribution in [3.8, 4) is 11.5 Å². The summed E-state index contributed by atoms with van der Waals surface area (Å²) in [5, 5.41) is 29.0. The van der Waals surface area contributed by atoms with Gasteiger partial charge in [0.25, 0.3) is 0 Å². The number of aryl methyl sites for hydroxylation is 2. The number of carbonyl (C=O) groups is 2. The highest BCUT2D eigenvalue weighted by atomic mass is 16.5. The number of carboxylic acid groups (broad SMARTS) is 2. The monoisotopic (exact) mass is 496 g/mol. The van der Waals surface area contributed by atoms with Crippen LogP contribution in [0.2, 0.25) is 0 Å². The first kappa shape index (κ1) is 24.5. The van der Waals surface area contributed by atoms with E-state index in [1.165, 1.54) is 24.3 Å². The van der Waals surface area contributed by atoms with Crippen molar-refractivity contribution in [1.82, 2.24) is 0 Å². The molecule has 0 spiro atoms. The molecule has 11 heteroatoms. The molecule has 0 bridgehead atoms. The van der Waals surface area contributed by atoms with Crippen molar-refractivity contribution in [2.24, 2.45) is 0 Å². The molecule has 0 saturated carbocycles. The molecule has 2 aromatic carbocycles. The number of aromatic carboxylic acids is 2. The number of rotatable bonds is 8. The van der Waals surface area contributed by atoms with Crippen LogP contribution in [0.4, 0.5) is 0 Å². The van der Waals surface area contributed by atoms with E-state index >= 15 is 0 Å². The lowest BCUT2D eigenvalue weighted by Gasteiger charge is -2.16. The normalized spacial score (nSPS) is 11.2. The largest absolute Gasteiger partial charge is 0.490 e. The maximum atomic E-state index is 12.2. The standard InChI is InChI=1S/C25H20O11/c1-11-18(5-3-14-16(27)7-20(24(29)30)35-22(11)14)33-9-13(26)10-34-19-6-4-15-17(28)8-21(25(31)32)36-23(15)12(19)2/h3-8,13,26H,9-10H2,1-2H3,(H,29,30)(H,31,32). The molecule has 0 atom stereocenters. The zero-order valence-corrected chi connectivity index (χ0v) is 19.1. The van der Waals surface area contributed by atoms with Gasteiger partial charge in [-0.15, -0.1) is 0 Å². The van der Waals surface area contributed by atoms with Gasteiger partial charge in [-0.25, -0.2) is 9.59 Å². The quantitative estimate of drug-likeness (QED) is 0.327. The number of ether oxygens (including phenoxy) is 2. The second-order valence-electron chi connectivity index (χ2n) is 7.97. The van der Waals surface area contributed by atoms with Gasteiger partial charge in [0.15, 0.2) is 10.9 Å². The lowest BCUT2D eigenvalue weighted by Crippen LogP contribution is -2.25. The van der Waals surface area contributed by atoms with Crippen LogP contribution in [0.3, 0.4) is 0 Å². The van der Waals surface area contributed by atoms with Gasteiger partial charge in [-0.1, -0.05) is 0 Å². The molecule has 4 rings (SSSR count). The predicted molar refractivity (Wildman–Crippen MR) is 125 cm³/mol. The number of fused-ring (bicyclic) bond motifs is 2. The molecule has 36 heavy (non-hydrogen) atoms. The van der Waals surface area contributed by atoms with Gasteiger partial charge >= 0.3 is 11.9 Å². The van der Waals surface area contributed by atoms with Gasteiger partial charge in [0.2, 0.25) is 11.5 Å². The fourth-order valence-electron chi connectivity index (χ4n) is 3.61. The first-order valence-electron chi connectivity index (χ1n) is 10.6. The van der Waals surface area contributed by atoms with Crippen LogP contribution in [-0.2, 0) is 0 Å². The molecule has 3 N–H and O–H groups in total. The third-order valence-corrected chi connectivity index (χ3v) is 5.48. The van der Waals surface area contributed by atoms with Crippen molar-refractivity contribution >= 4 is 33.9 Å². The number of benzene rings is 2. The van der Waals surface area contributed by atoms with Crippen molar-refractivity contribution in [3.63, 3.8) is 0 Å². The Morgan fingerprint density at radius 2 is 1.17 bits per heavy atom. The molecule has 0 aliphatic rings. The average molecular weight is 496 g/mol. The van der Waals surface area contributed by atoms with E-state index in [0.717, 1.165) is 12.1 Å². The van der Waals surface area contributed by atoms with Crippen LogP contribution in [0.15, 0.2) is 54.8 Å². The maximum absolute atomic E-state index is 12.2. The number of aliphatic hydroxyl groups excluding tert-OH is 1. The van der Waals surface area contributed by atoms with Crippen molar-refractivity contribution < 1.29 is 43.2 Å². The topological polar surface area (TPSA) is 174 Å². The van der Waals surface area contributed by atoms with E-state index in [0.29, 0.717) is 11.1 Å². The van der Waals surface area contributed by atoms with Crippen molar-refractivity contribution in [2.75, 3.05) is 13.2 Å². The number of hydrogen-bond acceptors (Lipinski definition) is 9. The fourth-order valence-corrected chi connectivity index (χ4v) is 3.61. The second-order valence-corrected chi connectivity index (χ2v) is 7.97. The van der Waals surface area contributed by atoms with E-state index in [1.54, 1.807) is 13.8 Å². The highest BCUT2D eigenvalue weighted by Gasteiger charge is 2.18. The smallest absolute Gasteiger partial charge is 0.371 e. The molecule has 0 unspecified atom stereocenters. The molecule has 2 aromatic heterocycles. The lowest BCUT2D eigenvalue weighted by molar-refractivity contribution is 0.0622. The van der Waals surface area contributed by atoms with Gasteiger partial charge < -0.3 is 33.6 Å². The Kier molecular flexibility index (Phi) is 6.49. The minimum atomic E-state index is -1.38. The third kappa shape index (κ3) is 4.64. The summed E-state index contributed by atoms with van der Waals surface area (Å²) in [7, 11) is 0. The van der Waals surface area contributed by atoms with E-state index in [-0.39, 0.29) is 46.7 Å². The van der Waals surface area contributed by atoms with E-state index < -0.39 is 40.4 Å². The van der Waals surface area contributed by atoms with Crippen molar-refractivity contribution in [3.05, 3.63) is 79.5 Å². The van der Waals surface area contributed by atoms with Gasteiger partial charge in [0, 0.05) is 23.3 Å². The van der Waals surface area contributed by atoms with E-state index in [9.17, 15) is 24.3 Å². The molecule has 2 heterocycles. The zero-order valence-electron chi connectivity index (χ0n) is 19.1. The Labute approximate surface area is 201 Å². The molecule has 11 nitrogen and oxygen atoms in total. The van der Waals surface area contributed by atoms with E-state index in [2.05, 4.69) is 0 Å². The van der Waals surface area contributed by atoms with Crippen LogP contribution >= 0.6 is 0 Å². The summed E-state index contributed by atoms with van der Waals surface area (Å²) in [6.45, 7) is 2.76. The molecule has 0 aliphatic carbocycles. The Bertz CT molecular complexity index is 1510. The van der Waals surface area contributed by atoms with Gasteiger partial charge in [-0.05, 0) is 38.1 Å².